The maximum atomic E-state index is 13.7. The van der Waals surface area contributed by atoms with Gasteiger partial charge >= 0.3 is 0 Å². The van der Waals surface area contributed by atoms with Crippen molar-refractivity contribution < 1.29 is 9.13 Å². The summed E-state index contributed by atoms with van der Waals surface area (Å²) in [5.41, 5.74) is 0.932. The van der Waals surface area contributed by atoms with Crippen molar-refractivity contribution in [2.45, 2.75) is 19.9 Å². The SMILES string of the molecule is CCCNc1ncc(F)c(NCc2ccccc2OC)n1. The molecule has 0 fully saturated rings. The standard InChI is InChI=1S/C15H19FN4O/c1-3-8-17-15-19-10-12(16)14(20-15)18-9-11-6-4-5-7-13(11)21-2/h4-7,10H,3,8-9H2,1-2H3,(H2,17,18,19,20). The Balaban J connectivity index is 2.08. The van der Waals surface area contributed by atoms with E-state index in [1.54, 1.807) is 7.11 Å². The summed E-state index contributed by atoms with van der Waals surface area (Å²) in [6, 6.07) is 7.58. The Morgan fingerprint density at radius 1 is 1.24 bits per heavy atom. The normalized spacial score (nSPS) is 10.2. The van der Waals surface area contributed by atoms with Crippen LogP contribution in [0.4, 0.5) is 16.2 Å². The average molecular weight is 290 g/mol. The molecular formula is C15H19FN4O. The number of hydrogen-bond acceptors (Lipinski definition) is 5. The Morgan fingerprint density at radius 3 is 2.81 bits per heavy atom. The molecule has 0 aliphatic carbocycles. The third kappa shape index (κ3) is 4.05. The Hall–Kier alpha value is -2.37. The van der Waals surface area contributed by atoms with Gasteiger partial charge in [0.15, 0.2) is 11.6 Å². The van der Waals surface area contributed by atoms with Gasteiger partial charge in [0.25, 0.3) is 0 Å². The van der Waals surface area contributed by atoms with Gasteiger partial charge in [-0.1, -0.05) is 25.1 Å². The number of hydrogen-bond donors (Lipinski definition) is 2. The Labute approximate surface area is 123 Å². The molecule has 1 heterocycles. The van der Waals surface area contributed by atoms with E-state index in [4.69, 9.17) is 4.74 Å². The Bertz CT molecular complexity index is 592. The molecular weight excluding hydrogens is 271 g/mol. The van der Waals surface area contributed by atoms with E-state index in [0.29, 0.717) is 12.5 Å². The van der Waals surface area contributed by atoms with Gasteiger partial charge in [-0.15, -0.1) is 0 Å². The number of benzene rings is 1. The second-order valence-corrected chi connectivity index (χ2v) is 4.48. The van der Waals surface area contributed by atoms with Gasteiger partial charge in [0.05, 0.1) is 13.3 Å². The van der Waals surface area contributed by atoms with Gasteiger partial charge in [-0.05, 0) is 12.5 Å². The maximum Gasteiger partial charge on any atom is 0.224 e. The first-order chi connectivity index (χ1) is 10.2. The number of nitrogens with zero attached hydrogens (tertiary/aromatic N) is 2. The molecule has 0 saturated carbocycles. The highest BCUT2D eigenvalue weighted by Crippen LogP contribution is 2.19. The van der Waals surface area contributed by atoms with Crippen molar-refractivity contribution in [1.29, 1.82) is 0 Å². The second kappa shape index (κ2) is 7.42. The number of nitrogens with one attached hydrogen (secondary N) is 2. The molecule has 0 aliphatic rings. The van der Waals surface area contributed by atoms with Crippen LogP contribution in [0.2, 0.25) is 0 Å². The molecule has 21 heavy (non-hydrogen) atoms. The molecule has 2 N–H and O–H groups in total. The zero-order valence-electron chi connectivity index (χ0n) is 12.2. The van der Waals surface area contributed by atoms with Crippen LogP contribution in [0.3, 0.4) is 0 Å². The van der Waals surface area contributed by atoms with Crippen LogP contribution < -0.4 is 15.4 Å². The molecule has 1 aromatic heterocycles. The number of methoxy groups -OCH3 is 1. The Kier molecular flexibility index (Phi) is 5.31. The van der Waals surface area contributed by atoms with Crippen LogP contribution in [-0.2, 0) is 6.54 Å². The largest absolute Gasteiger partial charge is 0.496 e. The quantitative estimate of drug-likeness (QED) is 0.820. The number of aromatic nitrogens is 2. The van der Waals surface area contributed by atoms with Crippen molar-refractivity contribution >= 4 is 11.8 Å². The maximum absolute atomic E-state index is 13.7. The number of anilines is 2. The highest BCUT2D eigenvalue weighted by atomic mass is 19.1. The molecule has 0 radical (unpaired) electrons. The van der Waals surface area contributed by atoms with Crippen molar-refractivity contribution in [2.75, 3.05) is 24.3 Å². The molecule has 112 valence electrons. The van der Waals surface area contributed by atoms with E-state index in [2.05, 4.69) is 20.6 Å². The van der Waals surface area contributed by atoms with Crippen LogP contribution in [0, 0.1) is 5.82 Å². The zero-order chi connectivity index (χ0) is 15.1. The summed E-state index contributed by atoms with van der Waals surface area (Å²) in [6.45, 7) is 3.21. The van der Waals surface area contributed by atoms with Crippen LogP contribution in [0.1, 0.15) is 18.9 Å². The average Bonchev–Trinajstić information content (AvgIpc) is 2.53. The van der Waals surface area contributed by atoms with Crippen molar-refractivity contribution in [3.63, 3.8) is 0 Å². The third-order valence-corrected chi connectivity index (χ3v) is 2.92. The van der Waals surface area contributed by atoms with Crippen molar-refractivity contribution in [3.8, 4) is 5.75 Å². The smallest absolute Gasteiger partial charge is 0.224 e. The monoisotopic (exact) mass is 290 g/mol. The molecule has 0 saturated heterocycles. The first-order valence-corrected chi connectivity index (χ1v) is 6.86. The van der Waals surface area contributed by atoms with Crippen LogP contribution >= 0.6 is 0 Å². The fraction of sp³-hybridized carbons (Fsp3) is 0.333. The number of rotatable bonds is 7. The van der Waals surface area contributed by atoms with E-state index < -0.39 is 5.82 Å². The summed E-state index contributed by atoms with van der Waals surface area (Å²) < 4.78 is 19.0. The van der Waals surface area contributed by atoms with Gasteiger partial charge in [0, 0.05) is 18.7 Å². The zero-order valence-corrected chi connectivity index (χ0v) is 12.2. The van der Waals surface area contributed by atoms with Gasteiger partial charge in [0.2, 0.25) is 5.95 Å². The number of ether oxygens (including phenoxy) is 1. The topological polar surface area (TPSA) is 59.1 Å². The van der Waals surface area contributed by atoms with Crippen molar-refractivity contribution in [2.24, 2.45) is 0 Å². The van der Waals surface area contributed by atoms with E-state index in [1.807, 2.05) is 31.2 Å². The predicted octanol–water partition coefficient (Wildman–Crippen LogP) is 3.06. The van der Waals surface area contributed by atoms with E-state index in [0.717, 1.165) is 30.5 Å². The highest BCUT2D eigenvalue weighted by molar-refractivity contribution is 5.43. The van der Waals surface area contributed by atoms with Crippen LogP contribution in [0.15, 0.2) is 30.5 Å². The predicted molar refractivity (Wildman–Crippen MR) is 81.1 cm³/mol. The summed E-state index contributed by atoms with van der Waals surface area (Å²) >= 11 is 0. The van der Waals surface area contributed by atoms with E-state index in [-0.39, 0.29) is 5.82 Å². The minimum absolute atomic E-state index is 0.175. The molecule has 0 unspecified atom stereocenters. The van der Waals surface area contributed by atoms with Crippen molar-refractivity contribution in [1.82, 2.24) is 9.97 Å². The molecule has 0 amide bonds. The van der Waals surface area contributed by atoms with Crippen LogP contribution in [0.25, 0.3) is 0 Å². The van der Waals surface area contributed by atoms with Gasteiger partial charge in [-0.3, -0.25) is 0 Å². The summed E-state index contributed by atoms with van der Waals surface area (Å²) in [5.74, 6) is 0.867. The highest BCUT2D eigenvalue weighted by Gasteiger charge is 2.08. The molecule has 2 rings (SSSR count). The van der Waals surface area contributed by atoms with E-state index in [1.165, 1.54) is 0 Å². The molecule has 0 spiro atoms. The third-order valence-electron chi connectivity index (χ3n) is 2.92. The minimum Gasteiger partial charge on any atom is -0.496 e. The fourth-order valence-corrected chi connectivity index (χ4v) is 1.84. The van der Waals surface area contributed by atoms with Crippen LogP contribution in [0.5, 0.6) is 5.75 Å². The molecule has 1 aromatic carbocycles. The van der Waals surface area contributed by atoms with Crippen LogP contribution in [-0.4, -0.2) is 23.6 Å². The summed E-state index contributed by atoms with van der Waals surface area (Å²) in [7, 11) is 1.61. The minimum atomic E-state index is -0.480. The Morgan fingerprint density at radius 2 is 2.05 bits per heavy atom. The fourth-order valence-electron chi connectivity index (χ4n) is 1.84. The lowest BCUT2D eigenvalue weighted by Crippen LogP contribution is -2.09. The summed E-state index contributed by atoms with van der Waals surface area (Å²) in [6.07, 6.45) is 2.11. The van der Waals surface area contributed by atoms with Crippen molar-refractivity contribution in [3.05, 3.63) is 41.8 Å². The first-order valence-electron chi connectivity index (χ1n) is 6.86. The molecule has 5 nitrogen and oxygen atoms in total. The van der Waals surface area contributed by atoms with Gasteiger partial charge in [-0.25, -0.2) is 9.37 Å². The molecule has 0 aliphatic heterocycles. The number of para-hydroxylation sites is 1. The van der Waals surface area contributed by atoms with E-state index in [9.17, 15) is 4.39 Å². The van der Waals surface area contributed by atoms with E-state index >= 15 is 0 Å². The van der Waals surface area contributed by atoms with Gasteiger partial charge in [-0.2, -0.15) is 4.98 Å². The number of halogens is 1. The molecule has 2 aromatic rings. The second-order valence-electron chi connectivity index (χ2n) is 4.48. The lowest BCUT2D eigenvalue weighted by Gasteiger charge is -2.11. The first kappa shape index (κ1) is 15.0. The lowest BCUT2D eigenvalue weighted by molar-refractivity contribution is 0.410. The molecule has 0 bridgehead atoms. The van der Waals surface area contributed by atoms with Gasteiger partial charge in [0.1, 0.15) is 5.75 Å². The summed E-state index contributed by atoms with van der Waals surface area (Å²) in [4.78, 5) is 8.03. The molecule has 6 heteroatoms. The summed E-state index contributed by atoms with van der Waals surface area (Å²) in [5, 5.41) is 6.00. The lowest BCUT2D eigenvalue weighted by atomic mass is 10.2. The molecule has 0 atom stereocenters. The van der Waals surface area contributed by atoms with Gasteiger partial charge < -0.3 is 15.4 Å².